The Bertz CT molecular complexity index is 525. The zero-order valence-electron chi connectivity index (χ0n) is 12.9. The van der Waals surface area contributed by atoms with Gasteiger partial charge in [0.05, 0.1) is 4.90 Å². The quantitative estimate of drug-likeness (QED) is 0.725. The van der Waals surface area contributed by atoms with Gasteiger partial charge in [-0.1, -0.05) is 19.9 Å². The number of sulfonamides is 1. The van der Waals surface area contributed by atoms with E-state index in [4.69, 9.17) is 0 Å². The van der Waals surface area contributed by atoms with E-state index in [0.717, 1.165) is 24.0 Å². The van der Waals surface area contributed by atoms with Gasteiger partial charge in [-0.25, -0.2) is 13.1 Å². The van der Waals surface area contributed by atoms with E-state index in [1.807, 2.05) is 20.0 Å². The Balaban J connectivity index is 2.74. The van der Waals surface area contributed by atoms with Crippen molar-refractivity contribution in [2.24, 2.45) is 5.92 Å². The summed E-state index contributed by atoms with van der Waals surface area (Å²) in [7, 11) is -1.54. The Morgan fingerprint density at radius 2 is 1.95 bits per heavy atom. The SMILES string of the molecule is CNCc1cc(S(=O)(=O)NCCCC(C)C)ccc1C. The number of aryl methyl sites for hydroxylation is 1. The first-order valence-electron chi connectivity index (χ1n) is 7.10. The predicted octanol–water partition coefficient (Wildman–Crippen LogP) is 2.43. The average Bonchev–Trinajstić information content (AvgIpc) is 2.37. The Labute approximate surface area is 123 Å². The van der Waals surface area contributed by atoms with Crippen molar-refractivity contribution in [2.75, 3.05) is 13.6 Å². The molecule has 0 saturated heterocycles. The van der Waals surface area contributed by atoms with Gasteiger partial charge in [0.25, 0.3) is 0 Å². The predicted molar refractivity (Wildman–Crippen MR) is 83.2 cm³/mol. The van der Waals surface area contributed by atoms with Crippen molar-refractivity contribution in [1.29, 1.82) is 0 Å². The van der Waals surface area contributed by atoms with Gasteiger partial charge < -0.3 is 5.32 Å². The van der Waals surface area contributed by atoms with Crippen LogP contribution in [0.2, 0.25) is 0 Å². The maximum atomic E-state index is 12.2. The topological polar surface area (TPSA) is 58.2 Å². The summed E-state index contributed by atoms with van der Waals surface area (Å²) in [5, 5.41) is 3.05. The maximum absolute atomic E-state index is 12.2. The Morgan fingerprint density at radius 3 is 2.55 bits per heavy atom. The molecule has 0 aromatic heterocycles. The molecule has 114 valence electrons. The van der Waals surface area contributed by atoms with Crippen LogP contribution in [0.15, 0.2) is 23.1 Å². The molecule has 0 saturated carbocycles. The average molecular weight is 298 g/mol. The first kappa shape index (κ1) is 17.1. The van der Waals surface area contributed by atoms with Crippen molar-refractivity contribution in [3.05, 3.63) is 29.3 Å². The molecule has 0 amide bonds. The van der Waals surface area contributed by atoms with E-state index >= 15 is 0 Å². The summed E-state index contributed by atoms with van der Waals surface area (Å²) in [6.07, 6.45) is 1.90. The zero-order chi connectivity index (χ0) is 15.2. The van der Waals surface area contributed by atoms with Crippen molar-refractivity contribution < 1.29 is 8.42 Å². The van der Waals surface area contributed by atoms with Crippen LogP contribution in [0.3, 0.4) is 0 Å². The largest absolute Gasteiger partial charge is 0.316 e. The van der Waals surface area contributed by atoms with Crippen LogP contribution in [0.1, 0.15) is 37.8 Å². The lowest BCUT2D eigenvalue weighted by atomic mass is 10.1. The molecule has 0 radical (unpaired) electrons. The summed E-state index contributed by atoms with van der Waals surface area (Å²) < 4.78 is 27.1. The van der Waals surface area contributed by atoms with Crippen molar-refractivity contribution in [3.8, 4) is 0 Å². The Kier molecular flexibility index (Phi) is 6.65. The van der Waals surface area contributed by atoms with Crippen molar-refractivity contribution in [1.82, 2.24) is 10.0 Å². The molecule has 20 heavy (non-hydrogen) atoms. The van der Waals surface area contributed by atoms with Crippen LogP contribution in [0.25, 0.3) is 0 Å². The summed E-state index contributed by atoms with van der Waals surface area (Å²) in [5.41, 5.74) is 2.11. The first-order chi connectivity index (χ1) is 9.36. The number of hydrogen-bond donors (Lipinski definition) is 2. The van der Waals surface area contributed by atoms with Gasteiger partial charge in [-0.2, -0.15) is 0 Å². The molecule has 0 spiro atoms. The number of nitrogens with one attached hydrogen (secondary N) is 2. The lowest BCUT2D eigenvalue weighted by Gasteiger charge is -2.11. The molecule has 0 aliphatic carbocycles. The van der Waals surface area contributed by atoms with Crippen LogP contribution in [-0.4, -0.2) is 22.0 Å². The van der Waals surface area contributed by atoms with E-state index in [2.05, 4.69) is 23.9 Å². The molecule has 5 heteroatoms. The van der Waals surface area contributed by atoms with E-state index in [9.17, 15) is 8.42 Å². The highest BCUT2D eigenvalue weighted by atomic mass is 32.2. The fourth-order valence-corrected chi connectivity index (χ4v) is 3.12. The van der Waals surface area contributed by atoms with Crippen LogP contribution >= 0.6 is 0 Å². The highest BCUT2D eigenvalue weighted by molar-refractivity contribution is 7.89. The third-order valence-electron chi connectivity index (χ3n) is 3.25. The monoisotopic (exact) mass is 298 g/mol. The minimum atomic E-state index is -3.39. The molecule has 1 rings (SSSR count). The van der Waals surface area contributed by atoms with E-state index < -0.39 is 10.0 Å². The number of rotatable bonds is 8. The summed E-state index contributed by atoms with van der Waals surface area (Å²) in [6, 6.07) is 5.27. The normalized spacial score (nSPS) is 12.1. The fraction of sp³-hybridized carbons (Fsp3) is 0.600. The van der Waals surface area contributed by atoms with Gasteiger partial charge in [0, 0.05) is 13.1 Å². The molecule has 4 nitrogen and oxygen atoms in total. The molecule has 0 unspecified atom stereocenters. The Hall–Kier alpha value is -0.910. The van der Waals surface area contributed by atoms with E-state index in [1.165, 1.54) is 0 Å². The molecule has 0 aliphatic rings. The van der Waals surface area contributed by atoms with Gasteiger partial charge in [-0.3, -0.25) is 0 Å². The van der Waals surface area contributed by atoms with Crippen molar-refractivity contribution in [3.63, 3.8) is 0 Å². The first-order valence-corrected chi connectivity index (χ1v) is 8.59. The lowest BCUT2D eigenvalue weighted by molar-refractivity contribution is 0.540. The molecule has 2 N–H and O–H groups in total. The van der Waals surface area contributed by atoms with E-state index in [0.29, 0.717) is 23.9 Å². The van der Waals surface area contributed by atoms with Gasteiger partial charge in [0.2, 0.25) is 10.0 Å². The van der Waals surface area contributed by atoms with Crippen LogP contribution in [-0.2, 0) is 16.6 Å². The molecular weight excluding hydrogens is 272 g/mol. The minimum absolute atomic E-state index is 0.345. The van der Waals surface area contributed by atoms with Gasteiger partial charge in [-0.15, -0.1) is 0 Å². The molecule has 1 aromatic rings. The number of hydrogen-bond acceptors (Lipinski definition) is 3. The fourth-order valence-electron chi connectivity index (χ4n) is 2.00. The van der Waals surface area contributed by atoms with Crippen molar-refractivity contribution in [2.45, 2.75) is 45.1 Å². The molecular formula is C15H26N2O2S. The maximum Gasteiger partial charge on any atom is 0.240 e. The molecule has 0 bridgehead atoms. The third kappa shape index (κ3) is 5.23. The summed E-state index contributed by atoms with van der Waals surface area (Å²) in [4.78, 5) is 0.345. The smallest absolute Gasteiger partial charge is 0.240 e. The van der Waals surface area contributed by atoms with Gasteiger partial charge in [0.15, 0.2) is 0 Å². The zero-order valence-corrected chi connectivity index (χ0v) is 13.7. The summed E-state index contributed by atoms with van der Waals surface area (Å²) in [6.45, 7) is 7.43. The van der Waals surface area contributed by atoms with Gasteiger partial charge >= 0.3 is 0 Å². The van der Waals surface area contributed by atoms with Crippen LogP contribution in [0.5, 0.6) is 0 Å². The standard InChI is InChI=1S/C15H26N2O2S/c1-12(2)6-5-9-17-20(18,19)15-8-7-13(3)14(10-15)11-16-4/h7-8,10,12,16-17H,5-6,9,11H2,1-4H3. The van der Waals surface area contributed by atoms with Crippen molar-refractivity contribution >= 4 is 10.0 Å². The lowest BCUT2D eigenvalue weighted by Crippen LogP contribution is -2.25. The number of benzene rings is 1. The van der Waals surface area contributed by atoms with Gasteiger partial charge in [0.1, 0.15) is 0 Å². The third-order valence-corrected chi connectivity index (χ3v) is 4.71. The molecule has 0 heterocycles. The van der Waals surface area contributed by atoms with E-state index in [1.54, 1.807) is 12.1 Å². The second-order valence-electron chi connectivity index (χ2n) is 5.55. The molecule has 0 aliphatic heterocycles. The highest BCUT2D eigenvalue weighted by Crippen LogP contribution is 2.15. The summed E-state index contributed by atoms with van der Waals surface area (Å²) in [5.74, 6) is 0.598. The van der Waals surface area contributed by atoms with Crippen LogP contribution in [0.4, 0.5) is 0 Å². The second-order valence-corrected chi connectivity index (χ2v) is 7.32. The minimum Gasteiger partial charge on any atom is -0.316 e. The van der Waals surface area contributed by atoms with Gasteiger partial charge in [-0.05, 0) is 56.0 Å². The summed E-state index contributed by atoms with van der Waals surface area (Å²) >= 11 is 0. The highest BCUT2D eigenvalue weighted by Gasteiger charge is 2.14. The second kappa shape index (κ2) is 7.76. The molecule has 0 fully saturated rings. The van der Waals surface area contributed by atoms with Crippen LogP contribution in [0, 0.1) is 12.8 Å². The molecule has 1 aromatic carbocycles. The van der Waals surface area contributed by atoms with Crippen LogP contribution < -0.4 is 10.0 Å². The van der Waals surface area contributed by atoms with E-state index in [-0.39, 0.29) is 0 Å². The Morgan fingerprint density at radius 1 is 1.25 bits per heavy atom. The molecule has 0 atom stereocenters.